The molecule has 140 valence electrons. The molecule has 27 heavy (non-hydrogen) atoms. The van der Waals surface area contributed by atoms with Crippen LogP contribution >= 0.6 is 0 Å². The Morgan fingerprint density at radius 2 is 1.85 bits per heavy atom. The Bertz CT molecular complexity index is 945. The highest BCUT2D eigenvalue weighted by molar-refractivity contribution is 5.87. The molecule has 1 aliphatic heterocycles. The van der Waals surface area contributed by atoms with Crippen molar-refractivity contribution in [2.24, 2.45) is 11.8 Å². The van der Waals surface area contributed by atoms with Gasteiger partial charge in [0.1, 0.15) is 35.5 Å². The molecule has 2 aromatic heterocycles. The lowest BCUT2D eigenvalue weighted by molar-refractivity contribution is -0.0231. The first kappa shape index (κ1) is 16.5. The molecule has 7 heteroatoms. The van der Waals surface area contributed by atoms with E-state index in [0.29, 0.717) is 24.0 Å². The lowest BCUT2D eigenvalue weighted by Crippen LogP contribution is -2.42. The van der Waals surface area contributed by atoms with E-state index in [2.05, 4.69) is 19.9 Å². The highest BCUT2D eigenvalue weighted by Gasteiger charge is 2.43. The number of nitrogens with one attached hydrogen (secondary N) is 1. The fraction of sp³-hybridized carbons (Fsp3) is 0.400. The summed E-state index contributed by atoms with van der Waals surface area (Å²) < 4.78 is 19.1. The fourth-order valence-corrected chi connectivity index (χ4v) is 4.49. The molecule has 0 unspecified atom stereocenters. The maximum atomic E-state index is 13.1. The predicted molar refractivity (Wildman–Crippen MR) is 99.1 cm³/mol. The van der Waals surface area contributed by atoms with E-state index in [9.17, 15) is 9.50 Å². The van der Waals surface area contributed by atoms with Crippen molar-refractivity contribution in [2.75, 3.05) is 18.0 Å². The van der Waals surface area contributed by atoms with Crippen molar-refractivity contribution in [3.05, 3.63) is 48.7 Å². The lowest BCUT2D eigenvalue weighted by atomic mass is 9.78. The van der Waals surface area contributed by atoms with Gasteiger partial charge in [0.05, 0.1) is 11.5 Å². The third-order valence-corrected chi connectivity index (χ3v) is 5.82. The van der Waals surface area contributed by atoms with E-state index in [0.717, 1.165) is 36.4 Å². The van der Waals surface area contributed by atoms with Crippen LogP contribution in [-0.2, 0) is 0 Å². The second-order valence-electron chi connectivity index (χ2n) is 7.51. The third kappa shape index (κ3) is 3.02. The van der Waals surface area contributed by atoms with E-state index in [1.165, 1.54) is 12.1 Å². The van der Waals surface area contributed by atoms with Gasteiger partial charge in [0.2, 0.25) is 0 Å². The summed E-state index contributed by atoms with van der Waals surface area (Å²) in [7, 11) is 0. The number of aromatic amines is 1. The SMILES string of the molecule is O[C@@H]1C[C@H]2CN(c3ncnc4[nH]ccc34)C[C@H]2C[C@H]1Oc1ccc(F)cc1. The number of fused-ring (bicyclic) bond motifs is 2. The fourth-order valence-electron chi connectivity index (χ4n) is 4.49. The van der Waals surface area contributed by atoms with Gasteiger partial charge in [0.15, 0.2) is 0 Å². The number of benzene rings is 1. The predicted octanol–water partition coefficient (Wildman–Crippen LogP) is 2.75. The Kier molecular flexibility index (Phi) is 3.97. The van der Waals surface area contributed by atoms with Crippen molar-refractivity contribution in [2.45, 2.75) is 25.0 Å². The summed E-state index contributed by atoms with van der Waals surface area (Å²) in [5, 5.41) is 11.6. The van der Waals surface area contributed by atoms with E-state index in [-0.39, 0.29) is 11.9 Å². The number of ether oxygens (including phenoxy) is 1. The normalized spacial score (nSPS) is 27.7. The van der Waals surface area contributed by atoms with Crippen molar-refractivity contribution in [3.8, 4) is 5.75 Å². The molecule has 2 fully saturated rings. The summed E-state index contributed by atoms with van der Waals surface area (Å²) in [4.78, 5) is 14.2. The average Bonchev–Trinajstić information content (AvgIpc) is 3.30. The van der Waals surface area contributed by atoms with Gasteiger partial charge >= 0.3 is 0 Å². The summed E-state index contributed by atoms with van der Waals surface area (Å²) >= 11 is 0. The number of H-pyrrole nitrogens is 1. The van der Waals surface area contributed by atoms with Crippen molar-refractivity contribution >= 4 is 16.9 Å². The maximum Gasteiger partial charge on any atom is 0.142 e. The van der Waals surface area contributed by atoms with Gasteiger partial charge in [-0.1, -0.05) is 0 Å². The van der Waals surface area contributed by atoms with E-state index in [1.807, 2.05) is 12.3 Å². The van der Waals surface area contributed by atoms with Crippen LogP contribution in [-0.4, -0.2) is 45.4 Å². The molecule has 1 saturated carbocycles. The van der Waals surface area contributed by atoms with Gasteiger partial charge < -0.3 is 19.7 Å². The van der Waals surface area contributed by atoms with E-state index < -0.39 is 6.10 Å². The molecule has 1 aromatic carbocycles. The highest BCUT2D eigenvalue weighted by Crippen LogP contribution is 2.40. The minimum absolute atomic E-state index is 0.269. The number of hydrogen-bond donors (Lipinski definition) is 2. The van der Waals surface area contributed by atoms with Crippen LogP contribution < -0.4 is 9.64 Å². The molecule has 2 aliphatic rings. The highest BCUT2D eigenvalue weighted by atomic mass is 19.1. The zero-order chi connectivity index (χ0) is 18.4. The Morgan fingerprint density at radius 3 is 2.67 bits per heavy atom. The van der Waals surface area contributed by atoms with E-state index >= 15 is 0 Å². The van der Waals surface area contributed by atoms with Gasteiger partial charge in [-0.15, -0.1) is 0 Å². The summed E-state index contributed by atoms with van der Waals surface area (Å²) in [6.45, 7) is 1.76. The standard InChI is InChI=1S/C20H21FN4O2/c21-14-1-3-15(4-2-14)27-18-8-13-10-25(9-12(13)7-17(18)26)20-16-5-6-22-19(16)23-11-24-20/h1-6,11-13,17-18,26H,7-10H2,(H,22,23,24)/t12-,13+,17+,18+/m0/s1. The smallest absolute Gasteiger partial charge is 0.142 e. The Labute approximate surface area is 156 Å². The van der Waals surface area contributed by atoms with Crippen LogP contribution in [0, 0.1) is 17.7 Å². The van der Waals surface area contributed by atoms with Crippen LogP contribution in [0.15, 0.2) is 42.9 Å². The van der Waals surface area contributed by atoms with Crippen LogP contribution in [0.5, 0.6) is 5.75 Å². The average molecular weight is 368 g/mol. The lowest BCUT2D eigenvalue weighted by Gasteiger charge is -2.35. The van der Waals surface area contributed by atoms with E-state index in [4.69, 9.17) is 4.74 Å². The third-order valence-electron chi connectivity index (χ3n) is 5.82. The molecule has 0 radical (unpaired) electrons. The number of aliphatic hydroxyl groups excluding tert-OH is 1. The second-order valence-corrected chi connectivity index (χ2v) is 7.51. The number of anilines is 1. The molecular formula is C20H21FN4O2. The van der Waals surface area contributed by atoms with Crippen molar-refractivity contribution < 1.29 is 14.2 Å². The van der Waals surface area contributed by atoms with E-state index in [1.54, 1.807) is 18.5 Å². The first-order valence-electron chi connectivity index (χ1n) is 9.30. The summed E-state index contributed by atoms with van der Waals surface area (Å²) in [5.74, 6) is 2.10. The first-order valence-corrected chi connectivity index (χ1v) is 9.30. The summed E-state index contributed by atoms with van der Waals surface area (Å²) in [6.07, 6.45) is 4.16. The minimum Gasteiger partial charge on any atom is -0.488 e. The molecule has 1 aliphatic carbocycles. The Balaban J connectivity index is 1.32. The number of nitrogens with zero attached hydrogens (tertiary/aromatic N) is 3. The molecule has 0 amide bonds. The van der Waals surface area contributed by atoms with Gasteiger partial charge in [-0.25, -0.2) is 14.4 Å². The molecule has 6 nitrogen and oxygen atoms in total. The molecule has 3 heterocycles. The molecular weight excluding hydrogens is 347 g/mol. The molecule has 4 atom stereocenters. The number of aliphatic hydroxyl groups is 1. The van der Waals surface area contributed by atoms with Crippen LogP contribution in [0.25, 0.3) is 11.0 Å². The van der Waals surface area contributed by atoms with Crippen LogP contribution in [0.4, 0.5) is 10.2 Å². The molecule has 0 bridgehead atoms. The quantitative estimate of drug-likeness (QED) is 0.744. The summed E-state index contributed by atoms with van der Waals surface area (Å²) in [5.41, 5.74) is 0.840. The van der Waals surface area contributed by atoms with Crippen LogP contribution in [0.3, 0.4) is 0 Å². The number of rotatable bonds is 3. The number of halogens is 1. The second kappa shape index (κ2) is 6.49. The van der Waals surface area contributed by atoms with Gasteiger partial charge in [-0.05, 0) is 55.0 Å². The zero-order valence-corrected chi connectivity index (χ0v) is 14.8. The monoisotopic (exact) mass is 368 g/mol. The Hall–Kier alpha value is -2.67. The molecule has 0 spiro atoms. The summed E-state index contributed by atoms with van der Waals surface area (Å²) in [6, 6.07) is 7.98. The molecule has 3 aromatic rings. The topological polar surface area (TPSA) is 74.3 Å². The number of aromatic nitrogens is 3. The zero-order valence-electron chi connectivity index (χ0n) is 14.8. The maximum absolute atomic E-state index is 13.1. The van der Waals surface area contributed by atoms with Crippen molar-refractivity contribution in [3.63, 3.8) is 0 Å². The largest absolute Gasteiger partial charge is 0.488 e. The van der Waals surface area contributed by atoms with Crippen molar-refractivity contribution in [1.29, 1.82) is 0 Å². The van der Waals surface area contributed by atoms with Crippen LogP contribution in [0.2, 0.25) is 0 Å². The van der Waals surface area contributed by atoms with Crippen molar-refractivity contribution in [1.82, 2.24) is 15.0 Å². The minimum atomic E-state index is -0.520. The number of hydrogen-bond acceptors (Lipinski definition) is 5. The van der Waals surface area contributed by atoms with Gasteiger partial charge in [-0.3, -0.25) is 0 Å². The van der Waals surface area contributed by atoms with Crippen LogP contribution in [0.1, 0.15) is 12.8 Å². The Morgan fingerprint density at radius 1 is 1.07 bits per heavy atom. The molecule has 1 saturated heterocycles. The molecule has 2 N–H and O–H groups in total. The first-order chi connectivity index (χ1) is 13.2. The molecule has 5 rings (SSSR count). The van der Waals surface area contributed by atoms with Gasteiger partial charge in [0, 0.05) is 19.3 Å². The van der Waals surface area contributed by atoms with Gasteiger partial charge in [-0.2, -0.15) is 0 Å². The van der Waals surface area contributed by atoms with Gasteiger partial charge in [0.25, 0.3) is 0 Å².